The molecular formula is C18H11NS. The van der Waals surface area contributed by atoms with Gasteiger partial charge in [0.2, 0.25) is 0 Å². The average molecular weight is 273 g/mol. The lowest BCUT2D eigenvalue weighted by Crippen LogP contribution is -1.82. The molecule has 0 unspecified atom stereocenters. The van der Waals surface area contributed by atoms with E-state index in [2.05, 4.69) is 60.0 Å². The molecule has 0 aliphatic carbocycles. The van der Waals surface area contributed by atoms with Crippen LogP contribution in [0.2, 0.25) is 0 Å². The van der Waals surface area contributed by atoms with E-state index in [4.69, 9.17) is 5.26 Å². The quantitative estimate of drug-likeness (QED) is 0.433. The van der Waals surface area contributed by atoms with Gasteiger partial charge in [-0.15, -0.1) is 11.3 Å². The van der Waals surface area contributed by atoms with Crippen LogP contribution in [0.3, 0.4) is 0 Å². The topological polar surface area (TPSA) is 23.8 Å². The molecule has 0 atom stereocenters. The van der Waals surface area contributed by atoms with Crippen LogP contribution in [-0.4, -0.2) is 0 Å². The van der Waals surface area contributed by atoms with Gasteiger partial charge in [0, 0.05) is 10.1 Å². The zero-order valence-electron chi connectivity index (χ0n) is 10.8. The van der Waals surface area contributed by atoms with Crippen molar-refractivity contribution in [1.29, 1.82) is 5.26 Å². The molecule has 2 heteroatoms. The average Bonchev–Trinajstić information content (AvgIpc) is 2.91. The number of thiophene rings is 1. The second-order valence-corrected chi connectivity index (χ2v) is 5.83. The van der Waals surface area contributed by atoms with Crippen LogP contribution in [0, 0.1) is 11.3 Å². The van der Waals surface area contributed by atoms with Gasteiger partial charge in [0.25, 0.3) is 0 Å². The molecule has 0 saturated heterocycles. The highest BCUT2D eigenvalue weighted by molar-refractivity contribution is 7.17. The van der Waals surface area contributed by atoms with Gasteiger partial charge in [-0.1, -0.05) is 42.5 Å². The zero-order valence-corrected chi connectivity index (χ0v) is 11.6. The summed E-state index contributed by atoms with van der Waals surface area (Å²) in [7, 11) is 0. The molecule has 0 spiro atoms. The lowest BCUT2D eigenvalue weighted by Gasteiger charge is -2.06. The maximum Gasteiger partial charge on any atom is 0.0670 e. The summed E-state index contributed by atoms with van der Waals surface area (Å²) in [5, 5.41) is 17.4. The van der Waals surface area contributed by atoms with E-state index < -0.39 is 0 Å². The standard InChI is InChI=1S/C18H11NS/c19-10-9-13-11-20-17-8-7-15-14-4-2-1-3-12(14)5-6-16(15)18(13)17/h1-8,11H,9H2. The predicted molar refractivity (Wildman–Crippen MR) is 86.2 cm³/mol. The molecule has 0 aliphatic rings. The lowest BCUT2D eigenvalue weighted by molar-refractivity contribution is 1.31. The van der Waals surface area contributed by atoms with Crippen LogP contribution in [0.4, 0.5) is 0 Å². The lowest BCUT2D eigenvalue weighted by atomic mass is 9.98. The Balaban J connectivity index is 2.22. The molecule has 0 saturated carbocycles. The van der Waals surface area contributed by atoms with E-state index in [0.29, 0.717) is 6.42 Å². The van der Waals surface area contributed by atoms with Crippen LogP contribution in [0.1, 0.15) is 5.56 Å². The van der Waals surface area contributed by atoms with Crippen LogP contribution in [0.15, 0.2) is 53.9 Å². The van der Waals surface area contributed by atoms with Crippen molar-refractivity contribution in [3.05, 3.63) is 59.5 Å². The number of nitrogens with zero attached hydrogens (tertiary/aromatic N) is 1. The Morgan fingerprint density at radius 3 is 2.65 bits per heavy atom. The van der Waals surface area contributed by atoms with Crippen LogP contribution in [0.25, 0.3) is 31.6 Å². The van der Waals surface area contributed by atoms with Gasteiger partial charge in [-0.25, -0.2) is 0 Å². The number of nitriles is 1. The maximum absolute atomic E-state index is 9.00. The minimum atomic E-state index is 0.478. The van der Waals surface area contributed by atoms with E-state index in [1.54, 1.807) is 11.3 Å². The summed E-state index contributed by atoms with van der Waals surface area (Å²) >= 11 is 1.72. The number of fused-ring (bicyclic) bond motifs is 5. The fraction of sp³-hybridized carbons (Fsp3) is 0.0556. The third kappa shape index (κ3) is 1.54. The molecular weight excluding hydrogens is 262 g/mol. The summed E-state index contributed by atoms with van der Waals surface area (Å²) in [6, 6.07) is 19.5. The number of benzene rings is 3. The first-order chi connectivity index (χ1) is 9.88. The first kappa shape index (κ1) is 11.5. The van der Waals surface area contributed by atoms with Crippen molar-refractivity contribution in [2.45, 2.75) is 6.42 Å². The van der Waals surface area contributed by atoms with Crippen molar-refractivity contribution in [3.8, 4) is 6.07 Å². The summed E-state index contributed by atoms with van der Waals surface area (Å²) in [5.41, 5.74) is 1.15. The molecule has 94 valence electrons. The summed E-state index contributed by atoms with van der Waals surface area (Å²) in [6.07, 6.45) is 0.478. The summed E-state index contributed by atoms with van der Waals surface area (Å²) < 4.78 is 1.26. The largest absolute Gasteiger partial charge is 0.198 e. The third-order valence-corrected chi connectivity index (χ3v) is 4.80. The summed E-state index contributed by atoms with van der Waals surface area (Å²) in [5.74, 6) is 0. The van der Waals surface area contributed by atoms with E-state index in [9.17, 15) is 0 Å². The third-order valence-electron chi connectivity index (χ3n) is 3.81. The minimum absolute atomic E-state index is 0.478. The van der Waals surface area contributed by atoms with Crippen LogP contribution in [0.5, 0.6) is 0 Å². The first-order valence-corrected chi connectivity index (χ1v) is 7.44. The molecule has 3 aromatic carbocycles. The highest BCUT2D eigenvalue weighted by Crippen LogP contribution is 2.36. The molecule has 0 N–H and O–H groups in total. The molecule has 4 aromatic rings. The highest BCUT2D eigenvalue weighted by atomic mass is 32.1. The van der Waals surface area contributed by atoms with Crippen molar-refractivity contribution in [2.75, 3.05) is 0 Å². The van der Waals surface area contributed by atoms with Crippen molar-refractivity contribution in [1.82, 2.24) is 0 Å². The van der Waals surface area contributed by atoms with Gasteiger partial charge in [0.1, 0.15) is 0 Å². The Morgan fingerprint density at radius 2 is 1.75 bits per heavy atom. The van der Waals surface area contributed by atoms with Crippen molar-refractivity contribution in [3.63, 3.8) is 0 Å². The fourth-order valence-corrected chi connectivity index (χ4v) is 3.88. The zero-order chi connectivity index (χ0) is 13.5. The molecule has 20 heavy (non-hydrogen) atoms. The van der Waals surface area contributed by atoms with Gasteiger partial charge in [-0.2, -0.15) is 5.26 Å². The second kappa shape index (κ2) is 4.33. The van der Waals surface area contributed by atoms with Crippen LogP contribution < -0.4 is 0 Å². The fourth-order valence-electron chi connectivity index (χ4n) is 2.91. The molecule has 0 radical (unpaired) electrons. The molecule has 1 aromatic heterocycles. The van der Waals surface area contributed by atoms with E-state index in [1.165, 1.54) is 31.6 Å². The van der Waals surface area contributed by atoms with E-state index in [1.807, 2.05) is 0 Å². The molecule has 0 bridgehead atoms. The van der Waals surface area contributed by atoms with Crippen LogP contribution in [-0.2, 0) is 6.42 Å². The monoisotopic (exact) mass is 273 g/mol. The Morgan fingerprint density at radius 1 is 0.900 bits per heavy atom. The van der Waals surface area contributed by atoms with Gasteiger partial charge >= 0.3 is 0 Å². The molecule has 4 rings (SSSR count). The van der Waals surface area contributed by atoms with Gasteiger partial charge in [-0.05, 0) is 38.6 Å². The molecule has 0 aliphatic heterocycles. The van der Waals surface area contributed by atoms with Crippen molar-refractivity contribution in [2.24, 2.45) is 0 Å². The second-order valence-electron chi connectivity index (χ2n) is 4.92. The highest BCUT2D eigenvalue weighted by Gasteiger charge is 2.09. The van der Waals surface area contributed by atoms with Crippen molar-refractivity contribution >= 4 is 43.0 Å². The van der Waals surface area contributed by atoms with E-state index in [-0.39, 0.29) is 0 Å². The van der Waals surface area contributed by atoms with E-state index >= 15 is 0 Å². The SMILES string of the molecule is N#CCc1csc2ccc3c4ccccc4ccc3c12. The van der Waals surface area contributed by atoms with Gasteiger partial charge in [0.15, 0.2) is 0 Å². The number of rotatable bonds is 1. The first-order valence-electron chi connectivity index (χ1n) is 6.56. The Bertz CT molecular complexity index is 989. The van der Waals surface area contributed by atoms with Gasteiger partial charge in [0.05, 0.1) is 12.5 Å². The summed E-state index contributed by atoms with van der Waals surface area (Å²) in [6.45, 7) is 0. The minimum Gasteiger partial charge on any atom is -0.198 e. The molecule has 1 nitrogen and oxygen atoms in total. The number of hydrogen-bond acceptors (Lipinski definition) is 2. The Hall–Kier alpha value is -2.37. The van der Waals surface area contributed by atoms with Gasteiger partial charge in [-0.3, -0.25) is 0 Å². The summed E-state index contributed by atoms with van der Waals surface area (Å²) in [4.78, 5) is 0. The van der Waals surface area contributed by atoms with Gasteiger partial charge < -0.3 is 0 Å². The smallest absolute Gasteiger partial charge is 0.0670 e. The normalized spacial score (nSPS) is 11.2. The number of hydrogen-bond donors (Lipinski definition) is 0. The molecule has 1 heterocycles. The van der Waals surface area contributed by atoms with Crippen molar-refractivity contribution < 1.29 is 0 Å². The maximum atomic E-state index is 9.00. The molecule has 0 amide bonds. The van der Waals surface area contributed by atoms with E-state index in [0.717, 1.165) is 5.56 Å². The molecule has 0 fully saturated rings. The van der Waals surface area contributed by atoms with Crippen LogP contribution >= 0.6 is 11.3 Å². The predicted octanol–water partition coefficient (Wildman–Crippen LogP) is 5.27. The Kier molecular flexibility index (Phi) is 2.48. The Labute approximate surface area is 120 Å².